The van der Waals surface area contributed by atoms with Gasteiger partial charge in [0, 0.05) is 20.2 Å². The molecule has 8 heteroatoms. The largest absolute Gasteiger partial charge is 0.460 e. The van der Waals surface area contributed by atoms with Crippen molar-refractivity contribution in [2.75, 3.05) is 20.7 Å². The van der Waals surface area contributed by atoms with Gasteiger partial charge in [-0.2, -0.15) is 0 Å². The van der Waals surface area contributed by atoms with Gasteiger partial charge >= 0.3 is 5.97 Å². The quantitative estimate of drug-likeness (QED) is 0.329. The first-order valence-corrected chi connectivity index (χ1v) is 10.5. The number of nitrogens with zero attached hydrogens (tertiary/aromatic N) is 2. The Labute approximate surface area is 123 Å². The highest BCUT2D eigenvalue weighted by molar-refractivity contribution is 9.70. The number of hydrogen-bond acceptors (Lipinski definition) is 4. The summed E-state index contributed by atoms with van der Waals surface area (Å²) in [6, 6.07) is 1.63. The number of aliphatic imine (C=N–C) groups is 1. The van der Waals surface area contributed by atoms with E-state index in [0.29, 0.717) is 12.5 Å². The maximum absolute atomic E-state index is 11.6. The number of furan rings is 1. The van der Waals surface area contributed by atoms with Gasteiger partial charge in [0.2, 0.25) is 11.6 Å². The molecule has 1 heterocycles. The third-order valence-corrected chi connectivity index (χ3v) is 4.74. The molecule has 1 aromatic rings. The smallest absolute Gasteiger partial charge is 0.374 e. The fourth-order valence-electron chi connectivity index (χ4n) is 1.06. The highest BCUT2D eigenvalue weighted by Crippen LogP contribution is 2.53. The zero-order chi connectivity index (χ0) is 13.7. The van der Waals surface area contributed by atoms with Crippen LogP contribution in [-0.2, 0) is 4.74 Å². The molecule has 0 aliphatic carbocycles. The van der Waals surface area contributed by atoms with Crippen LogP contribution in [-0.4, -0.2) is 37.9 Å². The Bertz CT molecular complexity index is 446. The zero-order valence-electron chi connectivity index (χ0n) is 10.2. The van der Waals surface area contributed by atoms with E-state index in [-0.39, 0.29) is 5.76 Å². The minimum absolute atomic E-state index is 0.157. The van der Waals surface area contributed by atoms with Gasteiger partial charge in [0.15, 0.2) is 0 Å². The normalized spacial score (nSPS) is 11.2. The topological polar surface area (TPSA) is 55.0 Å². The van der Waals surface area contributed by atoms with Gasteiger partial charge in [0.25, 0.3) is 0 Å². The monoisotopic (exact) mass is 398 g/mol. The van der Waals surface area contributed by atoms with Gasteiger partial charge in [-0.25, -0.2) is 9.79 Å². The number of halogens is 2. The molecule has 0 bridgehead atoms. The van der Waals surface area contributed by atoms with Crippen molar-refractivity contribution in [1.82, 2.24) is 4.90 Å². The fourth-order valence-corrected chi connectivity index (χ4v) is 3.04. The Morgan fingerprint density at radius 1 is 1.61 bits per heavy atom. The van der Waals surface area contributed by atoms with E-state index in [2.05, 4.69) is 36.0 Å². The van der Waals surface area contributed by atoms with Crippen molar-refractivity contribution in [2.45, 2.75) is 6.92 Å². The molecule has 0 saturated carbocycles. The number of carbonyl (C=O) groups is 1. The van der Waals surface area contributed by atoms with Crippen molar-refractivity contribution in [2.24, 2.45) is 4.99 Å². The van der Waals surface area contributed by atoms with Crippen LogP contribution in [0.3, 0.4) is 0 Å². The number of ether oxygens (including phenoxy) is 1. The summed E-state index contributed by atoms with van der Waals surface area (Å²) in [6.07, 6.45) is 1.61. The van der Waals surface area contributed by atoms with Crippen molar-refractivity contribution in [3.05, 3.63) is 11.8 Å². The molecule has 1 aromatic heterocycles. The number of esters is 1. The predicted octanol–water partition coefficient (Wildman–Crippen LogP) is 3.40. The van der Waals surface area contributed by atoms with Crippen molar-refractivity contribution in [3.8, 4) is 0 Å². The number of hydrogen-bond donors (Lipinski definition) is 0. The predicted molar refractivity (Wildman–Crippen MR) is 80.9 cm³/mol. The highest BCUT2D eigenvalue weighted by atomic mass is 79.9. The Hall–Kier alpha value is -0.390. The van der Waals surface area contributed by atoms with E-state index in [4.69, 9.17) is 9.15 Å². The first kappa shape index (κ1) is 15.7. The van der Waals surface area contributed by atoms with Gasteiger partial charge in [-0.15, -0.1) is 0 Å². The molecule has 0 aromatic carbocycles. The second-order valence-corrected chi connectivity index (χ2v) is 11.5. The van der Waals surface area contributed by atoms with Crippen LogP contribution < -0.4 is 5.30 Å². The second-order valence-electron chi connectivity index (χ2n) is 3.46. The molecule has 0 unspecified atom stereocenters. The zero-order valence-corrected chi connectivity index (χ0v) is 14.3. The van der Waals surface area contributed by atoms with Crippen molar-refractivity contribution >= 4 is 59.8 Å². The average molecular weight is 400 g/mol. The lowest BCUT2D eigenvalue weighted by Gasteiger charge is -2.02. The summed E-state index contributed by atoms with van der Waals surface area (Å²) in [4.78, 5) is 17.5. The third-order valence-electron chi connectivity index (χ3n) is 1.76. The van der Waals surface area contributed by atoms with Gasteiger partial charge in [0.05, 0.1) is 23.6 Å². The molecule has 0 atom stereocenters. The van der Waals surface area contributed by atoms with E-state index in [0.717, 1.165) is 5.30 Å². The number of carbonyl (C=O) groups excluding carboxylic acids is 1. The Balaban J connectivity index is 3.04. The van der Waals surface area contributed by atoms with Crippen LogP contribution in [0.2, 0.25) is 0 Å². The van der Waals surface area contributed by atoms with Gasteiger partial charge in [-0.1, -0.05) is 0 Å². The van der Waals surface area contributed by atoms with Crippen LogP contribution in [0.4, 0.5) is 5.88 Å². The van der Waals surface area contributed by atoms with Gasteiger partial charge in [-0.05, 0) is 37.9 Å². The van der Waals surface area contributed by atoms with E-state index in [9.17, 15) is 4.79 Å². The summed E-state index contributed by atoms with van der Waals surface area (Å²) in [5.41, 5.74) is 0. The Kier molecular flexibility index (Phi) is 6.32. The van der Waals surface area contributed by atoms with Crippen LogP contribution in [0.15, 0.2) is 15.5 Å². The average Bonchev–Trinajstić information content (AvgIpc) is 2.70. The molecule has 0 radical (unpaired) electrons. The minimum Gasteiger partial charge on any atom is -0.460 e. The van der Waals surface area contributed by atoms with E-state index < -0.39 is 11.3 Å². The second kappa shape index (κ2) is 7.26. The van der Waals surface area contributed by atoms with Gasteiger partial charge in [-0.3, -0.25) is 0 Å². The molecule has 18 heavy (non-hydrogen) atoms. The summed E-state index contributed by atoms with van der Waals surface area (Å²) in [5.74, 6) is 0.0673. The molecule has 0 aliphatic rings. The molecule has 0 amide bonds. The molecule has 0 saturated heterocycles. The molecule has 1 rings (SSSR count). The Morgan fingerprint density at radius 3 is 2.78 bits per heavy atom. The van der Waals surface area contributed by atoms with E-state index in [1.165, 1.54) is 0 Å². The maximum atomic E-state index is 11.6. The van der Waals surface area contributed by atoms with Crippen LogP contribution >= 0.6 is 36.3 Å². The lowest BCUT2D eigenvalue weighted by molar-refractivity contribution is 0.0491. The van der Waals surface area contributed by atoms with Crippen LogP contribution in [0, 0.1) is 0 Å². The molecule has 5 nitrogen and oxygen atoms in total. The first-order chi connectivity index (χ1) is 8.45. The lowest BCUT2D eigenvalue weighted by atomic mass is 10.4. The summed E-state index contributed by atoms with van der Waals surface area (Å²) >= 11 is 6.85. The van der Waals surface area contributed by atoms with Crippen molar-refractivity contribution in [1.29, 1.82) is 0 Å². The summed E-state index contributed by atoms with van der Waals surface area (Å²) < 4.78 is 10.3. The molecule has 0 aliphatic heterocycles. The molecule has 0 spiro atoms. The molecule has 0 N–H and O–H groups in total. The van der Waals surface area contributed by atoms with Crippen LogP contribution in [0.1, 0.15) is 17.5 Å². The third kappa shape index (κ3) is 4.37. The van der Waals surface area contributed by atoms with Crippen LogP contribution in [0.5, 0.6) is 0 Å². The molecule has 0 fully saturated rings. The molecular weight excluding hydrogens is 387 g/mol. The molecular formula is C10H13Br2N2O3P. The molecule has 100 valence electrons. The number of rotatable bonds is 5. The van der Waals surface area contributed by atoms with Crippen molar-refractivity contribution in [3.63, 3.8) is 0 Å². The Morgan fingerprint density at radius 2 is 2.28 bits per heavy atom. The van der Waals surface area contributed by atoms with Gasteiger partial charge in [0.1, 0.15) is 0 Å². The fraction of sp³-hybridized carbons (Fsp3) is 0.400. The highest BCUT2D eigenvalue weighted by Gasteiger charge is 2.20. The summed E-state index contributed by atoms with van der Waals surface area (Å²) in [7, 11) is 3.70. The van der Waals surface area contributed by atoms with E-state index >= 15 is 0 Å². The van der Waals surface area contributed by atoms with E-state index in [1.807, 2.05) is 14.1 Å². The van der Waals surface area contributed by atoms with Gasteiger partial charge < -0.3 is 14.1 Å². The standard InChI is InChI=1S/C10H13Br2N2O3P/c1-4-16-10(15)7-5-8(18(11)12)9(17-7)13-6-14(2)3/h5-6H,4H2,1-3H3. The summed E-state index contributed by atoms with van der Waals surface area (Å²) in [5, 5.41) is 0.0282. The minimum atomic E-state index is -0.769. The SMILES string of the molecule is CCOC(=O)c1cc(P(Br)Br)c(N=CN(C)C)o1. The van der Waals surface area contributed by atoms with Crippen LogP contribution in [0.25, 0.3) is 0 Å². The van der Waals surface area contributed by atoms with Crippen molar-refractivity contribution < 1.29 is 13.9 Å². The summed E-state index contributed by atoms with van der Waals surface area (Å²) in [6.45, 7) is 2.05. The first-order valence-electron chi connectivity index (χ1n) is 5.09. The lowest BCUT2D eigenvalue weighted by Crippen LogP contribution is -2.07. The maximum Gasteiger partial charge on any atom is 0.374 e. The van der Waals surface area contributed by atoms with E-state index in [1.54, 1.807) is 24.2 Å².